The number of carbonyl (C=O) groups is 2. The number of aryl methyl sites for hydroxylation is 2. The summed E-state index contributed by atoms with van der Waals surface area (Å²) < 4.78 is 19.1. The first-order valence-electron chi connectivity index (χ1n) is 10.4. The van der Waals surface area contributed by atoms with E-state index in [1.54, 1.807) is 17.0 Å². The van der Waals surface area contributed by atoms with Crippen molar-refractivity contribution in [2.45, 2.75) is 45.6 Å². The summed E-state index contributed by atoms with van der Waals surface area (Å²) >= 11 is 0. The number of halogens is 1. The van der Waals surface area contributed by atoms with Gasteiger partial charge in [-0.3, -0.25) is 9.59 Å². The standard InChI is InChI=1S/C24H29FN2O3/c1-17-6-3-10-22(18(17)2)26-23(28)16-27(15-21-9-5-13-30-21)24(29)12-11-19-7-4-8-20(25)14-19/h3-4,6-8,10,14,21H,5,9,11-13,15-16H2,1-2H3,(H,26,28). The molecular formula is C24H29FN2O3. The van der Waals surface area contributed by atoms with Gasteiger partial charge in [-0.05, 0) is 68.0 Å². The maximum Gasteiger partial charge on any atom is 0.244 e. The molecule has 2 aromatic rings. The Morgan fingerprint density at radius 1 is 1.20 bits per heavy atom. The van der Waals surface area contributed by atoms with Gasteiger partial charge in [-0.25, -0.2) is 4.39 Å². The third kappa shape index (κ3) is 6.13. The highest BCUT2D eigenvalue weighted by molar-refractivity contribution is 5.95. The van der Waals surface area contributed by atoms with Crippen molar-refractivity contribution in [1.29, 1.82) is 0 Å². The zero-order valence-electron chi connectivity index (χ0n) is 17.6. The van der Waals surface area contributed by atoms with Gasteiger partial charge in [0.15, 0.2) is 0 Å². The minimum absolute atomic E-state index is 0.0325. The smallest absolute Gasteiger partial charge is 0.244 e. The van der Waals surface area contributed by atoms with Crippen LogP contribution in [0.1, 0.15) is 36.0 Å². The summed E-state index contributed by atoms with van der Waals surface area (Å²) in [5, 5.41) is 2.92. The van der Waals surface area contributed by atoms with Crippen molar-refractivity contribution in [3.05, 3.63) is 65.0 Å². The fourth-order valence-electron chi connectivity index (χ4n) is 3.64. The fraction of sp³-hybridized carbons (Fsp3) is 0.417. The van der Waals surface area contributed by atoms with Gasteiger partial charge in [-0.1, -0.05) is 24.3 Å². The molecule has 3 rings (SSSR count). The first kappa shape index (κ1) is 22.0. The van der Waals surface area contributed by atoms with Gasteiger partial charge in [-0.2, -0.15) is 0 Å². The summed E-state index contributed by atoms with van der Waals surface area (Å²) in [5.74, 6) is -0.684. The summed E-state index contributed by atoms with van der Waals surface area (Å²) in [7, 11) is 0. The van der Waals surface area contributed by atoms with Gasteiger partial charge < -0.3 is 15.0 Å². The van der Waals surface area contributed by atoms with E-state index in [0.29, 0.717) is 19.6 Å². The van der Waals surface area contributed by atoms with Crippen LogP contribution in [0.2, 0.25) is 0 Å². The average Bonchev–Trinajstić information content (AvgIpc) is 3.22. The molecule has 1 unspecified atom stereocenters. The maximum absolute atomic E-state index is 13.4. The quantitative estimate of drug-likeness (QED) is 0.712. The van der Waals surface area contributed by atoms with E-state index in [1.807, 2.05) is 32.0 Å². The lowest BCUT2D eigenvalue weighted by Gasteiger charge is -2.25. The van der Waals surface area contributed by atoms with Crippen molar-refractivity contribution < 1.29 is 18.7 Å². The monoisotopic (exact) mass is 412 g/mol. The van der Waals surface area contributed by atoms with E-state index in [0.717, 1.165) is 35.2 Å². The number of carbonyl (C=O) groups excluding carboxylic acids is 2. The summed E-state index contributed by atoms with van der Waals surface area (Å²) in [6.45, 7) is 4.99. The molecular weight excluding hydrogens is 383 g/mol. The molecule has 5 nitrogen and oxygen atoms in total. The van der Waals surface area contributed by atoms with Crippen LogP contribution in [0.15, 0.2) is 42.5 Å². The molecule has 0 saturated carbocycles. The first-order chi connectivity index (χ1) is 14.4. The molecule has 1 heterocycles. The van der Waals surface area contributed by atoms with Crippen LogP contribution in [-0.4, -0.2) is 42.5 Å². The Bertz CT molecular complexity index is 894. The van der Waals surface area contributed by atoms with Crippen molar-refractivity contribution >= 4 is 17.5 Å². The van der Waals surface area contributed by atoms with Gasteiger partial charge in [0, 0.05) is 25.3 Å². The summed E-state index contributed by atoms with van der Waals surface area (Å²) in [4.78, 5) is 27.1. The minimum Gasteiger partial charge on any atom is -0.376 e. The lowest BCUT2D eigenvalue weighted by atomic mass is 10.1. The molecule has 0 aromatic heterocycles. The average molecular weight is 413 g/mol. The highest BCUT2D eigenvalue weighted by Gasteiger charge is 2.24. The fourth-order valence-corrected chi connectivity index (χ4v) is 3.64. The zero-order valence-corrected chi connectivity index (χ0v) is 17.6. The van der Waals surface area contributed by atoms with Crippen LogP contribution in [0, 0.1) is 19.7 Å². The molecule has 6 heteroatoms. The number of hydrogen-bond acceptors (Lipinski definition) is 3. The minimum atomic E-state index is -0.316. The molecule has 0 aliphatic carbocycles. The van der Waals surface area contributed by atoms with Gasteiger partial charge in [0.1, 0.15) is 5.82 Å². The van der Waals surface area contributed by atoms with Gasteiger partial charge in [0.25, 0.3) is 0 Å². The predicted molar refractivity (Wildman–Crippen MR) is 115 cm³/mol. The normalized spacial score (nSPS) is 15.8. The second-order valence-electron chi connectivity index (χ2n) is 7.83. The van der Waals surface area contributed by atoms with Crippen LogP contribution in [0.5, 0.6) is 0 Å². The molecule has 30 heavy (non-hydrogen) atoms. The maximum atomic E-state index is 13.4. The number of ether oxygens (including phenoxy) is 1. The van der Waals surface area contributed by atoms with Gasteiger partial charge in [-0.15, -0.1) is 0 Å². The number of rotatable bonds is 8. The van der Waals surface area contributed by atoms with Crippen LogP contribution in [-0.2, 0) is 20.7 Å². The molecule has 1 aliphatic rings. The van der Waals surface area contributed by atoms with Crippen molar-refractivity contribution in [2.75, 3.05) is 25.0 Å². The van der Waals surface area contributed by atoms with E-state index < -0.39 is 0 Å². The third-order valence-electron chi connectivity index (χ3n) is 5.53. The first-order valence-corrected chi connectivity index (χ1v) is 10.4. The highest BCUT2D eigenvalue weighted by atomic mass is 19.1. The second kappa shape index (κ2) is 10.3. The zero-order chi connectivity index (χ0) is 21.5. The number of nitrogens with zero attached hydrogens (tertiary/aromatic N) is 1. The van der Waals surface area contributed by atoms with Crippen molar-refractivity contribution in [3.63, 3.8) is 0 Å². The van der Waals surface area contributed by atoms with Crippen LogP contribution in [0.25, 0.3) is 0 Å². The molecule has 0 spiro atoms. The number of hydrogen-bond donors (Lipinski definition) is 1. The molecule has 0 radical (unpaired) electrons. The Hall–Kier alpha value is -2.73. The Morgan fingerprint density at radius 3 is 2.73 bits per heavy atom. The summed E-state index contributed by atoms with van der Waals surface area (Å²) in [6, 6.07) is 12.0. The number of amides is 2. The van der Waals surface area contributed by atoms with E-state index >= 15 is 0 Å². The van der Waals surface area contributed by atoms with E-state index in [-0.39, 0.29) is 36.7 Å². The van der Waals surface area contributed by atoms with E-state index in [2.05, 4.69) is 5.32 Å². The predicted octanol–water partition coefficient (Wildman–Crippen LogP) is 4.02. The summed E-state index contributed by atoms with van der Waals surface area (Å²) in [6.07, 6.45) is 2.44. The van der Waals surface area contributed by atoms with E-state index in [4.69, 9.17) is 4.74 Å². The molecule has 1 aliphatic heterocycles. The molecule has 1 N–H and O–H groups in total. The SMILES string of the molecule is Cc1cccc(NC(=O)CN(CC2CCCO2)C(=O)CCc2cccc(F)c2)c1C. The highest BCUT2D eigenvalue weighted by Crippen LogP contribution is 2.19. The van der Waals surface area contributed by atoms with Gasteiger partial charge in [0.05, 0.1) is 12.6 Å². The van der Waals surface area contributed by atoms with Crippen LogP contribution in [0.4, 0.5) is 10.1 Å². The Kier molecular flexibility index (Phi) is 7.57. The van der Waals surface area contributed by atoms with Crippen molar-refractivity contribution in [2.24, 2.45) is 0 Å². The van der Waals surface area contributed by atoms with Crippen LogP contribution < -0.4 is 5.32 Å². The van der Waals surface area contributed by atoms with E-state index in [1.165, 1.54) is 12.1 Å². The summed E-state index contributed by atoms with van der Waals surface area (Å²) in [5.41, 5.74) is 3.62. The molecule has 1 atom stereocenters. The van der Waals surface area contributed by atoms with Gasteiger partial charge in [0.2, 0.25) is 11.8 Å². The van der Waals surface area contributed by atoms with Gasteiger partial charge >= 0.3 is 0 Å². The van der Waals surface area contributed by atoms with Crippen LogP contribution in [0.3, 0.4) is 0 Å². The number of benzene rings is 2. The molecule has 0 bridgehead atoms. The molecule has 2 aromatic carbocycles. The second-order valence-corrected chi connectivity index (χ2v) is 7.83. The number of anilines is 1. The molecule has 2 amide bonds. The van der Waals surface area contributed by atoms with Crippen molar-refractivity contribution in [3.8, 4) is 0 Å². The Morgan fingerprint density at radius 2 is 2.00 bits per heavy atom. The topological polar surface area (TPSA) is 58.6 Å². The Balaban J connectivity index is 1.64. The van der Waals surface area contributed by atoms with E-state index in [9.17, 15) is 14.0 Å². The molecule has 1 saturated heterocycles. The largest absolute Gasteiger partial charge is 0.376 e. The molecule has 1 fully saturated rings. The lowest BCUT2D eigenvalue weighted by molar-refractivity contribution is -0.136. The lowest BCUT2D eigenvalue weighted by Crippen LogP contribution is -2.42. The number of nitrogens with one attached hydrogen (secondary N) is 1. The molecule has 160 valence electrons. The third-order valence-corrected chi connectivity index (χ3v) is 5.53. The van der Waals surface area contributed by atoms with Crippen molar-refractivity contribution in [1.82, 2.24) is 4.90 Å². The Labute approximate surface area is 177 Å². The van der Waals surface area contributed by atoms with Crippen LogP contribution >= 0.6 is 0 Å².